The fourth-order valence-corrected chi connectivity index (χ4v) is 1.51. The molecule has 0 bridgehead atoms. The zero-order valence-electron chi connectivity index (χ0n) is 9.48. The molecule has 3 nitrogen and oxygen atoms in total. The van der Waals surface area contributed by atoms with Gasteiger partial charge in [-0.25, -0.2) is 8.78 Å². The van der Waals surface area contributed by atoms with Crippen molar-refractivity contribution in [3.8, 4) is 5.75 Å². The highest BCUT2D eigenvalue weighted by Gasteiger charge is 2.13. The number of carbonyl (C=O) groups is 1. The minimum Gasteiger partial charge on any atom is -0.494 e. The van der Waals surface area contributed by atoms with Crippen LogP contribution in [0.4, 0.5) is 8.78 Å². The molecular formula is C13H9F2NO2. The van der Waals surface area contributed by atoms with Gasteiger partial charge in [0.1, 0.15) is 5.82 Å². The molecule has 2 rings (SSSR count). The topological polar surface area (TPSA) is 39.2 Å². The van der Waals surface area contributed by atoms with E-state index in [4.69, 9.17) is 4.74 Å². The number of ketones is 1. The SMILES string of the molecule is COc1ccc(C(=O)c2cncc(F)c2)cc1F. The third-order valence-corrected chi connectivity index (χ3v) is 2.38. The molecule has 1 aromatic carbocycles. The molecule has 0 fully saturated rings. The summed E-state index contributed by atoms with van der Waals surface area (Å²) in [4.78, 5) is 15.5. The molecule has 18 heavy (non-hydrogen) atoms. The third kappa shape index (κ3) is 2.34. The Balaban J connectivity index is 2.37. The second kappa shape index (κ2) is 4.91. The molecule has 1 heterocycles. The van der Waals surface area contributed by atoms with Crippen molar-refractivity contribution < 1.29 is 18.3 Å². The van der Waals surface area contributed by atoms with Gasteiger partial charge < -0.3 is 4.74 Å². The molecule has 0 aliphatic rings. The molecule has 0 unspecified atom stereocenters. The first kappa shape index (κ1) is 12.2. The van der Waals surface area contributed by atoms with Gasteiger partial charge in [0.15, 0.2) is 17.3 Å². The van der Waals surface area contributed by atoms with E-state index in [0.29, 0.717) is 0 Å². The van der Waals surface area contributed by atoms with Crippen LogP contribution in [-0.2, 0) is 0 Å². The molecule has 2 aromatic rings. The number of nitrogens with zero attached hydrogens (tertiary/aromatic N) is 1. The van der Waals surface area contributed by atoms with Crippen LogP contribution in [0, 0.1) is 11.6 Å². The van der Waals surface area contributed by atoms with Crippen molar-refractivity contribution in [3.05, 3.63) is 59.4 Å². The zero-order valence-corrected chi connectivity index (χ0v) is 9.48. The first-order valence-electron chi connectivity index (χ1n) is 5.10. The highest BCUT2D eigenvalue weighted by Crippen LogP contribution is 2.19. The maximum atomic E-state index is 13.4. The van der Waals surface area contributed by atoms with Crippen LogP contribution >= 0.6 is 0 Å². The van der Waals surface area contributed by atoms with Crippen LogP contribution in [0.3, 0.4) is 0 Å². The molecule has 92 valence electrons. The van der Waals surface area contributed by atoms with Crippen LogP contribution in [0.15, 0.2) is 36.7 Å². The van der Waals surface area contributed by atoms with E-state index in [2.05, 4.69) is 4.98 Å². The number of pyridine rings is 1. The first-order chi connectivity index (χ1) is 8.61. The van der Waals surface area contributed by atoms with Gasteiger partial charge in [-0.05, 0) is 24.3 Å². The number of ether oxygens (including phenoxy) is 1. The largest absolute Gasteiger partial charge is 0.494 e. The standard InChI is InChI=1S/C13H9F2NO2/c1-18-12-3-2-8(5-11(12)15)13(17)9-4-10(14)7-16-6-9/h2-7H,1H3. The number of carbonyl (C=O) groups excluding carboxylic acids is 1. The average molecular weight is 249 g/mol. The van der Waals surface area contributed by atoms with E-state index in [1.165, 1.54) is 25.4 Å². The maximum Gasteiger partial charge on any atom is 0.194 e. The predicted molar refractivity (Wildman–Crippen MR) is 60.6 cm³/mol. The van der Waals surface area contributed by atoms with E-state index in [1.54, 1.807) is 0 Å². The molecule has 0 N–H and O–H groups in total. The summed E-state index contributed by atoms with van der Waals surface area (Å²) < 4.78 is 31.1. The van der Waals surface area contributed by atoms with Crippen molar-refractivity contribution in [1.29, 1.82) is 0 Å². The number of aromatic nitrogens is 1. The van der Waals surface area contributed by atoms with E-state index in [-0.39, 0.29) is 16.9 Å². The summed E-state index contributed by atoms with van der Waals surface area (Å²) in [5.74, 6) is -1.71. The van der Waals surface area contributed by atoms with Crippen molar-refractivity contribution >= 4 is 5.78 Å². The lowest BCUT2D eigenvalue weighted by Crippen LogP contribution is -2.03. The molecule has 5 heteroatoms. The summed E-state index contributed by atoms with van der Waals surface area (Å²) in [7, 11) is 1.33. The van der Waals surface area contributed by atoms with Crippen molar-refractivity contribution in [1.82, 2.24) is 4.98 Å². The van der Waals surface area contributed by atoms with Crippen LogP contribution in [0.1, 0.15) is 15.9 Å². The molecule has 0 atom stereocenters. The third-order valence-electron chi connectivity index (χ3n) is 2.38. The van der Waals surface area contributed by atoms with E-state index >= 15 is 0 Å². The van der Waals surface area contributed by atoms with E-state index in [9.17, 15) is 13.6 Å². The van der Waals surface area contributed by atoms with Gasteiger partial charge in [-0.15, -0.1) is 0 Å². The number of hydrogen-bond donors (Lipinski definition) is 0. The normalized spacial score (nSPS) is 10.2. The summed E-state index contributed by atoms with van der Waals surface area (Å²) in [5, 5.41) is 0. The summed E-state index contributed by atoms with van der Waals surface area (Å²) in [6, 6.07) is 4.86. The minimum atomic E-state index is -0.646. The number of methoxy groups -OCH3 is 1. The lowest BCUT2D eigenvalue weighted by molar-refractivity contribution is 0.103. The molecule has 0 amide bonds. The monoisotopic (exact) mass is 249 g/mol. The lowest BCUT2D eigenvalue weighted by Gasteiger charge is -2.04. The van der Waals surface area contributed by atoms with Gasteiger partial charge in [-0.1, -0.05) is 0 Å². The fraction of sp³-hybridized carbons (Fsp3) is 0.0769. The van der Waals surface area contributed by atoms with Gasteiger partial charge in [0, 0.05) is 17.3 Å². The van der Waals surface area contributed by atoms with Crippen molar-refractivity contribution in [2.45, 2.75) is 0 Å². The Kier molecular flexibility index (Phi) is 3.32. The van der Waals surface area contributed by atoms with Gasteiger partial charge in [0.2, 0.25) is 0 Å². The average Bonchev–Trinajstić information content (AvgIpc) is 2.37. The number of rotatable bonds is 3. The van der Waals surface area contributed by atoms with Crippen molar-refractivity contribution in [3.63, 3.8) is 0 Å². The Morgan fingerprint density at radius 1 is 1.17 bits per heavy atom. The van der Waals surface area contributed by atoms with Crippen LogP contribution in [0.25, 0.3) is 0 Å². The molecule has 0 saturated heterocycles. The minimum absolute atomic E-state index is 0.0453. The van der Waals surface area contributed by atoms with E-state index in [1.807, 2.05) is 0 Å². The van der Waals surface area contributed by atoms with Gasteiger partial charge in [-0.3, -0.25) is 9.78 Å². The summed E-state index contributed by atoms with van der Waals surface area (Å²) in [5.41, 5.74) is 0.181. The van der Waals surface area contributed by atoms with Crippen molar-refractivity contribution in [2.75, 3.05) is 7.11 Å². The van der Waals surface area contributed by atoms with Crippen LogP contribution in [0.5, 0.6) is 5.75 Å². The Bertz CT molecular complexity index is 599. The summed E-state index contributed by atoms with van der Waals surface area (Å²) in [6.45, 7) is 0. The van der Waals surface area contributed by atoms with E-state index < -0.39 is 17.4 Å². The van der Waals surface area contributed by atoms with Gasteiger partial charge in [-0.2, -0.15) is 0 Å². The molecule has 0 spiro atoms. The quantitative estimate of drug-likeness (QED) is 0.785. The van der Waals surface area contributed by atoms with E-state index in [0.717, 1.165) is 18.3 Å². The molecular weight excluding hydrogens is 240 g/mol. The first-order valence-corrected chi connectivity index (χ1v) is 5.10. The zero-order chi connectivity index (χ0) is 13.1. The summed E-state index contributed by atoms with van der Waals surface area (Å²) >= 11 is 0. The predicted octanol–water partition coefficient (Wildman–Crippen LogP) is 2.60. The Morgan fingerprint density at radius 2 is 1.94 bits per heavy atom. The van der Waals surface area contributed by atoms with Crippen molar-refractivity contribution in [2.24, 2.45) is 0 Å². The molecule has 0 aliphatic carbocycles. The summed E-state index contributed by atoms with van der Waals surface area (Å²) in [6.07, 6.45) is 2.22. The van der Waals surface area contributed by atoms with Gasteiger partial charge >= 0.3 is 0 Å². The molecule has 0 saturated carbocycles. The smallest absolute Gasteiger partial charge is 0.194 e. The van der Waals surface area contributed by atoms with Crippen LogP contribution < -0.4 is 4.74 Å². The number of halogens is 2. The fourth-order valence-electron chi connectivity index (χ4n) is 1.51. The maximum absolute atomic E-state index is 13.4. The number of hydrogen-bond acceptors (Lipinski definition) is 3. The lowest BCUT2D eigenvalue weighted by atomic mass is 10.0. The highest BCUT2D eigenvalue weighted by molar-refractivity contribution is 6.08. The van der Waals surface area contributed by atoms with Gasteiger partial charge in [0.05, 0.1) is 13.3 Å². The second-order valence-electron chi connectivity index (χ2n) is 3.57. The molecule has 1 aromatic heterocycles. The molecule has 0 aliphatic heterocycles. The molecule has 0 radical (unpaired) electrons. The van der Waals surface area contributed by atoms with Crippen LogP contribution in [-0.4, -0.2) is 17.9 Å². The van der Waals surface area contributed by atoms with Gasteiger partial charge in [0.25, 0.3) is 0 Å². The number of benzene rings is 1. The highest BCUT2D eigenvalue weighted by atomic mass is 19.1. The Labute approximate surface area is 102 Å². The Hall–Kier alpha value is -2.30. The van der Waals surface area contributed by atoms with Crippen LogP contribution in [0.2, 0.25) is 0 Å². The Morgan fingerprint density at radius 3 is 2.56 bits per heavy atom. The second-order valence-corrected chi connectivity index (χ2v) is 3.57.